The summed E-state index contributed by atoms with van der Waals surface area (Å²) in [6.07, 6.45) is 10.7. The van der Waals surface area contributed by atoms with E-state index in [0.29, 0.717) is 5.92 Å². The van der Waals surface area contributed by atoms with E-state index in [1.54, 1.807) is 0 Å². The fraction of sp³-hybridized carbons (Fsp3) is 0.500. The number of para-hydroxylation sites is 1. The Bertz CT molecular complexity index is 686. The van der Waals surface area contributed by atoms with Crippen LogP contribution in [0.1, 0.15) is 69.3 Å². The third-order valence-corrected chi connectivity index (χ3v) is 5.88. The van der Waals surface area contributed by atoms with Crippen LogP contribution in [-0.2, 0) is 9.78 Å². The highest BCUT2D eigenvalue weighted by molar-refractivity contribution is 5.29. The molecule has 2 aromatic rings. The Morgan fingerprint density at radius 3 is 1.75 bits per heavy atom. The summed E-state index contributed by atoms with van der Waals surface area (Å²) >= 11 is 0. The van der Waals surface area contributed by atoms with E-state index in [1.165, 1.54) is 24.8 Å². The van der Waals surface area contributed by atoms with E-state index in [-0.39, 0.29) is 12.2 Å². The fourth-order valence-corrected chi connectivity index (χ4v) is 4.17. The molecule has 0 saturated heterocycles. The molecule has 4 heteroatoms. The minimum absolute atomic E-state index is 0.169. The maximum absolute atomic E-state index is 5.63. The molecule has 0 atom stereocenters. The summed E-state index contributed by atoms with van der Waals surface area (Å²) < 4.78 is 0. The van der Waals surface area contributed by atoms with Gasteiger partial charge in [0, 0.05) is 0 Å². The van der Waals surface area contributed by atoms with Gasteiger partial charge in [-0.3, -0.25) is 0 Å². The second-order valence-electron chi connectivity index (χ2n) is 7.97. The molecule has 28 heavy (non-hydrogen) atoms. The molecule has 150 valence electrons. The Morgan fingerprint density at radius 2 is 1.11 bits per heavy atom. The predicted molar refractivity (Wildman–Crippen MR) is 108 cm³/mol. The van der Waals surface area contributed by atoms with Gasteiger partial charge in [-0.15, -0.1) is 0 Å². The molecule has 2 aromatic carbocycles. The zero-order valence-electron chi connectivity index (χ0n) is 16.4. The highest BCUT2D eigenvalue weighted by Crippen LogP contribution is 2.35. The van der Waals surface area contributed by atoms with Gasteiger partial charge in [-0.25, -0.2) is 0 Å². The van der Waals surface area contributed by atoms with E-state index in [9.17, 15) is 0 Å². The Balaban J connectivity index is 1.20. The molecule has 0 unspecified atom stereocenters. The van der Waals surface area contributed by atoms with Gasteiger partial charge in [0.25, 0.3) is 0 Å². The van der Waals surface area contributed by atoms with Gasteiger partial charge in [-0.2, -0.15) is 9.78 Å². The largest absolute Gasteiger partial charge is 0.337 e. The lowest BCUT2D eigenvalue weighted by atomic mass is 9.83. The van der Waals surface area contributed by atoms with Gasteiger partial charge in [0.05, 0.1) is 0 Å². The van der Waals surface area contributed by atoms with E-state index in [2.05, 4.69) is 12.1 Å². The molecular formula is C24H30O4. The van der Waals surface area contributed by atoms with Crippen LogP contribution in [0.15, 0.2) is 54.6 Å². The van der Waals surface area contributed by atoms with Crippen LogP contribution in [0.5, 0.6) is 11.5 Å². The van der Waals surface area contributed by atoms with Crippen LogP contribution in [0.2, 0.25) is 0 Å². The smallest absolute Gasteiger partial charge is 0.165 e. The molecule has 2 aliphatic carbocycles. The topological polar surface area (TPSA) is 36.9 Å². The quantitative estimate of drug-likeness (QED) is 0.412. The SMILES string of the molecule is c1ccc(OOC2CCC(c3ccc(OOC4CCCCC4)cc3)CC2)cc1. The van der Waals surface area contributed by atoms with Crippen LogP contribution in [0, 0.1) is 0 Å². The highest BCUT2D eigenvalue weighted by atomic mass is 17.2. The average molecular weight is 383 g/mol. The molecular weight excluding hydrogens is 352 g/mol. The summed E-state index contributed by atoms with van der Waals surface area (Å²) in [5.41, 5.74) is 1.37. The van der Waals surface area contributed by atoms with Crippen molar-refractivity contribution in [1.29, 1.82) is 0 Å². The monoisotopic (exact) mass is 382 g/mol. The van der Waals surface area contributed by atoms with Crippen LogP contribution in [-0.4, -0.2) is 12.2 Å². The van der Waals surface area contributed by atoms with Crippen LogP contribution in [0.3, 0.4) is 0 Å². The first-order valence-electron chi connectivity index (χ1n) is 10.7. The van der Waals surface area contributed by atoms with Crippen molar-refractivity contribution < 1.29 is 19.6 Å². The normalized spacial score (nSPS) is 23.3. The van der Waals surface area contributed by atoms with Gasteiger partial charge in [-0.1, -0.05) is 49.6 Å². The minimum Gasteiger partial charge on any atom is -0.337 e. The molecule has 0 heterocycles. The first kappa shape index (κ1) is 19.3. The predicted octanol–water partition coefficient (Wildman–Crippen LogP) is 6.37. The molecule has 2 aliphatic rings. The van der Waals surface area contributed by atoms with Crippen molar-refractivity contribution in [2.45, 2.75) is 75.9 Å². The molecule has 0 radical (unpaired) electrons. The first-order valence-corrected chi connectivity index (χ1v) is 10.7. The third kappa shape index (κ3) is 5.49. The standard InChI is InChI=1S/C24H30O4/c1-3-7-21(8-4-1)25-27-23-15-11-19(12-16-23)20-13-17-24(18-14-20)28-26-22-9-5-2-6-10-22/h1,3-4,7-8,13-14,17-19,22-23H,2,5-6,9-12,15-16H2. The number of rotatable bonds is 7. The molecule has 4 rings (SSSR count). The van der Waals surface area contributed by atoms with Gasteiger partial charge >= 0.3 is 0 Å². The molecule has 2 saturated carbocycles. The molecule has 2 fully saturated rings. The maximum atomic E-state index is 5.63. The Morgan fingerprint density at radius 1 is 0.536 bits per heavy atom. The molecule has 0 bridgehead atoms. The second-order valence-corrected chi connectivity index (χ2v) is 7.97. The summed E-state index contributed by atoms with van der Waals surface area (Å²) in [4.78, 5) is 22.2. The zero-order valence-corrected chi connectivity index (χ0v) is 16.4. The van der Waals surface area contributed by atoms with Crippen molar-refractivity contribution >= 4 is 0 Å². The maximum Gasteiger partial charge on any atom is 0.165 e. The Hall–Kier alpha value is -2.04. The lowest BCUT2D eigenvalue weighted by molar-refractivity contribution is -0.251. The third-order valence-electron chi connectivity index (χ3n) is 5.88. The summed E-state index contributed by atoms with van der Waals surface area (Å²) in [6, 6.07) is 18.1. The first-order chi connectivity index (χ1) is 13.9. The van der Waals surface area contributed by atoms with Crippen molar-refractivity contribution in [1.82, 2.24) is 0 Å². The van der Waals surface area contributed by atoms with E-state index in [1.807, 2.05) is 42.5 Å². The molecule has 0 spiro atoms. The Kier molecular flexibility index (Phi) is 6.85. The zero-order chi connectivity index (χ0) is 19.0. The van der Waals surface area contributed by atoms with E-state index in [4.69, 9.17) is 19.6 Å². The van der Waals surface area contributed by atoms with Crippen molar-refractivity contribution in [3.8, 4) is 11.5 Å². The van der Waals surface area contributed by atoms with Gasteiger partial charge in [0.2, 0.25) is 0 Å². The van der Waals surface area contributed by atoms with Gasteiger partial charge in [0.15, 0.2) is 11.5 Å². The number of benzene rings is 2. The number of hydrogen-bond acceptors (Lipinski definition) is 4. The van der Waals surface area contributed by atoms with Crippen molar-refractivity contribution in [3.05, 3.63) is 60.2 Å². The summed E-state index contributed by atoms with van der Waals surface area (Å²) in [5, 5.41) is 0. The lowest BCUT2D eigenvalue weighted by Crippen LogP contribution is -2.22. The highest BCUT2D eigenvalue weighted by Gasteiger charge is 2.24. The minimum atomic E-state index is 0.169. The lowest BCUT2D eigenvalue weighted by Gasteiger charge is -2.28. The van der Waals surface area contributed by atoms with Crippen LogP contribution >= 0.6 is 0 Å². The van der Waals surface area contributed by atoms with Crippen molar-refractivity contribution in [3.63, 3.8) is 0 Å². The molecule has 4 nitrogen and oxygen atoms in total. The average Bonchev–Trinajstić information content (AvgIpc) is 2.78. The summed E-state index contributed by atoms with van der Waals surface area (Å²) in [6.45, 7) is 0. The molecule has 0 aromatic heterocycles. The molecule has 0 amide bonds. The van der Waals surface area contributed by atoms with Crippen LogP contribution in [0.4, 0.5) is 0 Å². The number of hydrogen-bond donors (Lipinski definition) is 0. The van der Waals surface area contributed by atoms with Gasteiger partial charge < -0.3 is 9.78 Å². The van der Waals surface area contributed by atoms with Gasteiger partial charge in [0.1, 0.15) is 12.2 Å². The summed E-state index contributed by atoms with van der Waals surface area (Å²) in [5.74, 6) is 2.13. The second kappa shape index (κ2) is 9.94. The fourth-order valence-electron chi connectivity index (χ4n) is 4.17. The van der Waals surface area contributed by atoms with Crippen LogP contribution < -0.4 is 9.78 Å². The Labute approximate surface area is 167 Å². The summed E-state index contributed by atoms with van der Waals surface area (Å²) in [7, 11) is 0. The van der Waals surface area contributed by atoms with Crippen LogP contribution in [0.25, 0.3) is 0 Å². The van der Waals surface area contributed by atoms with E-state index < -0.39 is 0 Å². The van der Waals surface area contributed by atoms with E-state index in [0.717, 1.165) is 50.0 Å². The van der Waals surface area contributed by atoms with E-state index >= 15 is 0 Å². The molecule has 0 N–H and O–H groups in total. The molecule has 0 aliphatic heterocycles. The van der Waals surface area contributed by atoms with Gasteiger partial charge in [-0.05, 0) is 74.3 Å². The van der Waals surface area contributed by atoms with Crippen molar-refractivity contribution in [2.75, 3.05) is 0 Å². The van der Waals surface area contributed by atoms with Crippen molar-refractivity contribution in [2.24, 2.45) is 0 Å².